The predicted octanol–water partition coefficient (Wildman–Crippen LogP) is 3.67. The quantitative estimate of drug-likeness (QED) is 0.320. The van der Waals surface area contributed by atoms with E-state index in [-0.39, 0.29) is 36.4 Å². The molecule has 0 bridgehead atoms. The van der Waals surface area contributed by atoms with Crippen molar-refractivity contribution in [3.05, 3.63) is 53.6 Å². The smallest absolute Gasteiger partial charge is 0.244 e. The van der Waals surface area contributed by atoms with Gasteiger partial charge in [0, 0.05) is 31.4 Å². The Balaban J connectivity index is 0.00000341. The Morgan fingerprint density at radius 1 is 1.13 bits per heavy atom. The summed E-state index contributed by atoms with van der Waals surface area (Å²) in [5.74, 6) is 1.90. The standard InChI is InChI=1S/C23H30N4O3.HI/c1-4-24-23(26-19-10-11-20(29-3)21(14-19)30-5-2)25-15-22(28)27-13-12-17-8-6-7-9-18(17)16-27;/h6-11,14H,4-5,12-13,15-16H2,1-3H3,(H2,24,25,26);1H. The van der Waals surface area contributed by atoms with Gasteiger partial charge >= 0.3 is 0 Å². The Kier molecular flexibility index (Phi) is 9.90. The van der Waals surface area contributed by atoms with E-state index in [1.807, 2.05) is 49.1 Å². The van der Waals surface area contributed by atoms with Crippen molar-refractivity contribution in [2.24, 2.45) is 4.99 Å². The molecule has 1 amide bonds. The van der Waals surface area contributed by atoms with E-state index in [2.05, 4.69) is 27.8 Å². The summed E-state index contributed by atoms with van der Waals surface area (Å²) in [6.07, 6.45) is 0.885. The van der Waals surface area contributed by atoms with Crippen molar-refractivity contribution in [2.75, 3.05) is 38.7 Å². The number of methoxy groups -OCH3 is 1. The molecule has 0 radical (unpaired) electrons. The molecule has 0 atom stereocenters. The van der Waals surface area contributed by atoms with Gasteiger partial charge in [0.15, 0.2) is 17.5 Å². The zero-order valence-electron chi connectivity index (χ0n) is 18.3. The van der Waals surface area contributed by atoms with Gasteiger partial charge in [-0.05, 0) is 43.5 Å². The molecule has 0 saturated carbocycles. The lowest BCUT2D eigenvalue weighted by molar-refractivity contribution is -0.130. The molecule has 1 heterocycles. The number of aliphatic imine (C=N–C) groups is 1. The Labute approximate surface area is 201 Å². The maximum Gasteiger partial charge on any atom is 0.244 e. The van der Waals surface area contributed by atoms with Crippen LogP contribution in [-0.2, 0) is 17.8 Å². The van der Waals surface area contributed by atoms with E-state index in [9.17, 15) is 4.79 Å². The van der Waals surface area contributed by atoms with E-state index >= 15 is 0 Å². The number of carbonyl (C=O) groups excluding carboxylic acids is 1. The van der Waals surface area contributed by atoms with Crippen molar-refractivity contribution in [3.8, 4) is 11.5 Å². The second kappa shape index (κ2) is 12.4. The maximum absolute atomic E-state index is 12.7. The monoisotopic (exact) mass is 538 g/mol. The van der Waals surface area contributed by atoms with Gasteiger partial charge in [-0.1, -0.05) is 24.3 Å². The van der Waals surface area contributed by atoms with Crippen molar-refractivity contribution >= 4 is 41.5 Å². The molecule has 0 spiro atoms. The number of anilines is 1. The molecule has 1 aliphatic heterocycles. The van der Waals surface area contributed by atoms with Gasteiger partial charge in [-0.25, -0.2) is 4.99 Å². The highest BCUT2D eigenvalue weighted by Crippen LogP contribution is 2.30. The van der Waals surface area contributed by atoms with Crippen LogP contribution in [0.1, 0.15) is 25.0 Å². The molecule has 0 unspecified atom stereocenters. The number of ether oxygens (including phenoxy) is 2. The van der Waals surface area contributed by atoms with Crippen LogP contribution in [0.3, 0.4) is 0 Å². The summed E-state index contributed by atoms with van der Waals surface area (Å²) in [6, 6.07) is 13.9. The van der Waals surface area contributed by atoms with Gasteiger partial charge in [-0.2, -0.15) is 0 Å². The molecule has 0 aromatic heterocycles. The van der Waals surface area contributed by atoms with E-state index in [1.165, 1.54) is 11.1 Å². The van der Waals surface area contributed by atoms with E-state index in [0.29, 0.717) is 37.2 Å². The fourth-order valence-corrected chi connectivity index (χ4v) is 3.42. The Hall–Kier alpha value is -2.49. The molecule has 3 rings (SSSR count). The number of nitrogens with one attached hydrogen (secondary N) is 2. The number of guanidine groups is 1. The summed E-state index contributed by atoms with van der Waals surface area (Å²) in [7, 11) is 1.61. The molecule has 168 valence electrons. The number of rotatable bonds is 7. The normalized spacial score (nSPS) is 13.0. The van der Waals surface area contributed by atoms with Crippen molar-refractivity contribution < 1.29 is 14.3 Å². The van der Waals surface area contributed by atoms with Gasteiger partial charge < -0.3 is 25.0 Å². The number of hydrogen-bond donors (Lipinski definition) is 2. The summed E-state index contributed by atoms with van der Waals surface area (Å²) in [4.78, 5) is 19.1. The molecule has 0 saturated heterocycles. The highest BCUT2D eigenvalue weighted by atomic mass is 127. The Bertz CT molecular complexity index is 904. The fourth-order valence-electron chi connectivity index (χ4n) is 3.42. The van der Waals surface area contributed by atoms with Gasteiger partial charge in [0.25, 0.3) is 0 Å². The van der Waals surface area contributed by atoms with Crippen LogP contribution >= 0.6 is 24.0 Å². The van der Waals surface area contributed by atoms with Crippen LogP contribution < -0.4 is 20.1 Å². The highest BCUT2D eigenvalue weighted by molar-refractivity contribution is 14.0. The number of nitrogens with zero attached hydrogens (tertiary/aromatic N) is 2. The van der Waals surface area contributed by atoms with Crippen LogP contribution in [-0.4, -0.2) is 50.1 Å². The molecule has 7 nitrogen and oxygen atoms in total. The molecular formula is C23H31IN4O3. The number of hydrogen-bond acceptors (Lipinski definition) is 4. The minimum Gasteiger partial charge on any atom is -0.493 e. The second-order valence-corrected chi connectivity index (χ2v) is 6.95. The predicted molar refractivity (Wildman–Crippen MR) is 135 cm³/mol. The number of amides is 1. The van der Waals surface area contributed by atoms with Gasteiger partial charge in [-0.15, -0.1) is 24.0 Å². The number of benzene rings is 2. The summed E-state index contributed by atoms with van der Waals surface area (Å²) < 4.78 is 11.0. The van der Waals surface area contributed by atoms with E-state index in [0.717, 1.165) is 18.7 Å². The van der Waals surface area contributed by atoms with E-state index in [1.54, 1.807) is 7.11 Å². The van der Waals surface area contributed by atoms with Crippen LogP contribution in [0.15, 0.2) is 47.5 Å². The first-order valence-electron chi connectivity index (χ1n) is 10.3. The van der Waals surface area contributed by atoms with Crippen molar-refractivity contribution in [3.63, 3.8) is 0 Å². The van der Waals surface area contributed by atoms with E-state index in [4.69, 9.17) is 9.47 Å². The summed E-state index contributed by atoms with van der Waals surface area (Å²) in [6.45, 7) is 6.60. The van der Waals surface area contributed by atoms with Crippen LogP contribution in [0.25, 0.3) is 0 Å². The van der Waals surface area contributed by atoms with Crippen LogP contribution in [0.5, 0.6) is 11.5 Å². The second-order valence-electron chi connectivity index (χ2n) is 6.95. The third-order valence-electron chi connectivity index (χ3n) is 4.93. The fraction of sp³-hybridized carbons (Fsp3) is 0.391. The lowest BCUT2D eigenvalue weighted by atomic mass is 10.00. The Morgan fingerprint density at radius 3 is 2.61 bits per heavy atom. The first-order valence-corrected chi connectivity index (χ1v) is 10.3. The summed E-state index contributed by atoms with van der Waals surface area (Å²) >= 11 is 0. The first kappa shape index (κ1) is 24.8. The molecule has 2 aromatic carbocycles. The Morgan fingerprint density at radius 2 is 1.90 bits per heavy atom. The average molecular weight is 538 g/mol. The number of halogens is 1. The number of fused-ring (bicyclic) bond motifs is 1. The van der Waals surface area contributed by atoms with Gasteiger partial charge in [0.1, 0.15) is 6.54 Å². The van der Waals surface area contributed by atoms with Gasteiger partial charge in [0.2, 0.25) is 5.91 Å². The van der Waals surface area contributed by atoms with Gasteiger partial charge in [-0.3, -0.25) is 4.79 Å². The molecule has 2 N–H and O–H groups in total. The third-order valence-corrected chi connectivity index (χ3v) is 4.93. The van der Waals surface area contributed by atoms with Crippen LogP contribution in [0, 0.1) is 0 Å². The summed E-state index contributed by atoms with van der Waals surface area (Å²) in [5.41, 5.74) is 3.34. The largest absolute Gasteiger partial charge is 0.493 e. The molecule has 1 aliphatic rings. The molecule has 0 fully saturated rings. The van der Waals surface area contributed by atoms with Crippen molar-refractivity contribution in [1.29, 1.82) is 0 Å². The highest BCUT2D eigenvalue weighted by Gasteiger charge is 2.20. The van der Waals surface area contributed by atoms with Crippen molar-refractivity contribution in [1.82, 2.24) is 10.2 Å². The summed E-state index contributed by atoms with van der Waals surface area (Å²) in [5, 5.41) is 6.42. The SMILES string of the molecule is CCNC(=NCC(=O)N1CCc2ccccc2C1)Nc1ccc(OC)c(OCC)c1.I. The van der Waals surface area contributed by atoms with E-state index < -0.39 is 0 Å². The maximum atomic E-state index is 12.7. The van der Waals surface area contributed by atoms with Crippen LogP contribution in [0.2, 0.25) is 0 Å². The number of carbonyl (C=O) groups is 1. The molecular weight excluding hydrogens is 507 g/mol. The molecule has 31 heavy (non-hydrogen) atoms. The average Bonchev–Trinajstić information content (AvgIpc) is 2.77. The molecule has 0 aliphatic carbocycles. The zero-order chi connectivity index (χ0) is 21.3. The minimum absolute atomic E-state index is 0. The molecule has 2 aromatic rings. The topological polar surface area (TPSA) is 75.2 Å². The van der Waals surface area contributed by atoms with Crippen molar-refractivity contribution in [2.45, 2.75) is 26.8 Å². The minimum atomic E-state index is 0. The molecule has 8 heteroatoms. The van der Waals surface area contributed by atoms with Gasteiger partial charge in [0.05, 0.1) is 13.7 Å². The van der Waals surface area contributed by atoms with Crippen LogP contribution in [0.4, 0.5) is 5.69 Å². The first-order chi connectivity index (χ1) is 14.6. The lowest BCUT2D eigenvalue weighted by Crippen LogP contribution is -2.38. The third kappa shape index (κ3) is 6.75. The zero-order valence-corrected chi connectivity index (χ0v) is 20.6. The lowest BCUT2D eigenvalue weighted by Gasteiger charge is -2.28.